The summed E-state index contributed by atoms with van der Waals surface area (Å²) in [5.74, 6) is -0.833. The SMILES string of the molecule is Cc1cc(-c2c(C(=O)O)c(=O)c3cccc(C)c3n2C2CC2)cnc1N. The first-order valence-corrected chi connectivity index (χ1v) is 8.53. The highest BCUT2D eigenvalue weighted by molar-refractivity contribution is 6.00. The monoisotopic (exact) mass is 349 g/mol. The predicted octanol–water partition coefficient (Wildman–Crippen LogP) is 3.30. The molecule has 0 amide bonds. The van der Waals surface area contributed by atoms with Gasteiger partial charge in [-0.05, 0) is 49.9 Å². The molecule has 3 aromatic rings. The van der Waals surface area contributed by atoms with Crippen molar-refractivity contribution in [1.29, 1.82) is 0 Å². The second-order valence-electron chi connectivity index (χ2n) is 6.86. The number of anilines is 1. The summed E-state index contributed by atoms with van der Waals surface area (Å²) in [7, 11) is 0. The van der Waals surface area contributed by atoms with Crippen LogP contribution in [0.4, 0.5) is 5.82 Å². The molecule has 1 aliphatic carbocycles. The number of aromatic nitrogens is 2. The Balaban J connectivity index is 2.23. The summed E-state index contributed by atoms with van der Waals surface area (Å²) >= 11 is 0. The number of hydrogen-bond donors (Lipinski definition) is 2. The number of pyridine rings is 2. The molecule has 1 aliphatic rings. The molecule has 1 fully saturated rings. The molecule has 0 atom stereocenters. The summed E-state index contributed by atoms with van der Waals surface area (Å²) in [5, 5.41) is 10.3. The van der Waals surface area contributed by atoms with Gasteiger partial charge in [0.1, 0.15) is 11.4 Å². The number of hydrogen-bond acceptors (Lipinski definition) is 4. The molecule has 1 aromatic carbocycles. The van der Waals surface area contributed by atoms with Crippen LogP contribution in [0.15, 0.2) is 35.3 Å². The Bertz CT molecular complexity index is 1130. The first-order chi connectivity index (χ1) is 12.4. The van der Waals surface area contributed by atoms with Gasteiger partial charge in [-0.2, -0.15) is 0 Å². The Hall–Kier alpha value is -3.15. The lowest BCUT2D eigenvalue weighted by Crippen LogP contribution is -2.22. The van der Waals surface area contributed by atoms with Gasteiger partial charge in [0.2, 0.25) is 5.43 Å². The number of nitrogens with zero attached hydrogens (tertiary/aromatic N) is 2. The van der Waals surface area contributed by atoms with Crippen molar-refractivity contribution in [2.24, 2.45) is 0 Å². The molecule has 6 heteroatoms. The maximum Gasteiger partial charge on any atom is 0.341 e. The number of para-hydroxylation sites is 1. The first-order valence-electron chi connectivity index (χ1n) is 8.53. The Morgan fingerprint density at radius 1 is 1.27 bits per heavy atom. The van der Waals surface area contributed by atoms with Crippen LogP contribution in [-0.4, -0.2) is 20.6 Å². The molecule has 132 valence electrons. The van der Waals surface area contributed by atoms with Crippen LogP contribution in [0.3, 0.4) is 0 Å². The Morgan fingerprint density at radius 3 is 2.62 bits per heavy atom. The van der Waals surface area contributed by atoms with Crippen LogP contribution in [0.1, 0.15) is 40.4 Å². The minimum absolute atomic E-state index is 0.185. The maximum absolute atomic E-state index is 13.0. The standard InChI is InChI=1S/C20H19N3O3/c1-10-4-3-5-14-16(10)23(13-6-7-13)17(15(18(14)24)20(25)26)12-8-11(2)19(21)22-9-12/h3-5,8-9,13H,6-7H2,1-2H3,(H2,21,22)(H,25,26). The summed E-state index contributed by atoms with van der Waals surface area (Å²) < 4.78 is 2.02. The molecule has 0 saturated heterocycles. The molecule has 26 heavy (non-hydrogen) atoms. The fourth-order valence-electron chi connectivity index (χ4n) is 3.53. The normalized spacial score (nSPS) is 13.9. The van der Waals surface area contributed by atoms with Crippen LogP contribution in [-0.2, 0) is 0 Å². The molecule has 0 spiro atoms. The van der Waals surface area contributed by atoms with Crippen LogP contribution >= 0.6 is 0 Å². The number of fused-ring (bicyclic) bond motifs is 1. The zero-order valence-electron chi connectivity index (χ0n) is 14.6. The summed E-state index contributed by atoms with van der Waals surface area (Å²) in [4.78, 5) is 29.2. The van der Waals surface area contributed by atoms with E-state index in [0.717, 1.165) is 29.5 Å². The van der Waals surface area contributed by atoms with Crippen LogP contribution in [0.2, 0.25) is 0 Å². The Labute approximate surface area is 149 Å². The second-order valence-corrected chi connectivity index (χ2v) is 6.86. The van der Waals surface area contributed by atoms with Gasteiger partial charge in [0.25, 0.3) is 0 Å². The van der Waals surface area contributed by atoms with Gasteiger partial charge in [0, 0.05) is 23.2 Å². The van der Waals surface area contributed by atoms with Crippen molar-refractivity contribution in [3.63, 3.8) is 0 Å². The second kappa shape index (κ2) is 5.69. The highest BCUT2D eigenvalue weighted by Crippen LogP contribution is 2.42. The van der Waals surface area contributed by atoms with E-state index in [1.165, 1.54) is 0 Å². The minimum atomic E-state index is -1.22. The smallest absolute Gasteiger partial charge is 0.341 e. The Kier molecular flexibility index (Phi) is 3.57. The van der Waals surface area contributed by atoms with Gasteiger partial charge in [0.05, 0.1) is 11.2 Å². The van der Waals surface area contributed by atoms with Gasteiger partial charge < -0.3 is 15.4 Å². The lowest BCUT2D eigenvalue weighted by Gasteiger charge is -2.20. The van der Waals surface area contributed by atoms with E-state index in [0.29, 0.717) is 22.5 Å². The predicted molar refractivity (Wildman–Crippen MR) is 101 cm³/mol. The summed E-state index contributed by atoms with van der Waals surface area (Å²) in [6.45, 7) is 3.76. The van der Waals surface area contributed by atoms with E-state index in [9.17, 15) is 14.7 Å². The van der Waals surface area contributed by atoms with Crippen molar-refractivity contribution in [2.45, 2.75) is 32.7 Å². The molecule has 0 unspecified atom stereocenters. The lowest BCUT2D eigenvalue weighted by atomic mass is 9.99. The highest BCUT2D eigenvalue weighted by Gasteiger charge is 2.32. The van der Waals surface area contributed by atoms with E-state index in [4.69, 9.17) is 5.73 Å². The van der Waals surface area contributed by atoms with Crippen molar-refractivity contribution in [1.82, 2.24) is 9.55 Å². The number of benzene rings is 1. The van der Waals surface area contributed by atoms with Gasteiger partial charge in [-0.25, -0.2) is 9.78 Å². The average Bonchev–Trinajstić information content (AvgIpc) is 3.42. The minimum Gasteiger partial charge on any atom is -0.477 e. The van der Waals surface area contributed by atoms with Gasteiger partial charge in [-0.15, -0.1) is 0 Å². The fraction of sp³-hybridized carbons (Fsp3) is 0.250. The molecule has 1 saturated carbocycles. The van der Waals surface area contributed by atoms with Crippen LogP contribution in [0.25, 0.3) is 22.2 Å². The molecule has 0 bridgehead atoms. The van der Waals surface area contributed by atoms with Gasteiger partial charge in [-0.3, -0.25) is 4.79 Å². The maximum atomic E-state index is 13.0. The van der Waals surface area contributed by atoms with E-state index in [1.54, 1.807) is 24.4 Å². The zero-order chi connectivity index (χ0) is 18.6. The summed E-state index contributed by atoms with van der Waals surface area (Å²) in [5.41, 5.74) is 8.67. The summed E-state index contributed by atoms with van der Waals surface area (Å²) in [6.07, 6.45) is 3.46. The number of carboxylic acids is 1. The summed E-state index contributed by atoms with van der Waals surface area (Å²) in [6, 6.07) is 7.41. The van der Waals surface area contributed by atoms with Crippen molar-refractivity contribution in [3.8, 4) is 11.3 Å². The van der Waals surface area contributed by atoms with E-state index >= 15 is 0 Å². The van der Waals surface area contributed by atoms with Crippen molar-refractivity contribution < 1.29 is 9.90 Å². The largest absolute Gasteiger partial charge is 0.477 e. The molecule has 0 aliphatic heterocycles. The van der Waals surface area contributed by atoms with E-state index in [-0.39, 0.29) is 11.6 Å². The van der Waals surface area contributed by atoms with E-state index in [1.807, 2.05) is 24.5 Å². The van der Waals surface area contributed by atoms with Crippen LogP contribution in [0.5, 0.6) is 0 Å². The fourth-order valence-corrected chi connectivity index (χ4v) is 3.53. The van der Waals surface area contributed by atoms with E-state index < -0.39 is 11.4 Å². The third-order valence-electron chi connectivity index (χ3n) is 4.95. The molecular weight excluding hydrogens is 330 g/mol. The van der Waals surface area contributed by atoms with Crippen molar-refractivity contribution >= 4 is 22.7 Å². The van der Waals surface area contributed by atoms with Crippen LogP contribution < -0.4 is 11.2 Å². The third-order valence-corrected chi connectivity index (χ3v) is 4.95. The molecule has 3 N–H and O–H groups in total. The van der Waals surface area contributed by atoms with E-state index in [2.05, 4.69) is 4.98 Å². The van der Waals surface area contributed by atoms with Gasteiger partial charge in [0.15, 0.2) is 0 Å². The zero-order valence-corrected chi connectivity index (χ0v) is 14.6. The van der Waals surface area contributed by atoms with Crippen molar-refractivity contribution in [2.75, 3.05) is 5.73 Å². The molecule has 6 nitrogen and oxygen atoms in total. The average molecular weight is 349 g/mol. The quantitative estimate of drug-likeness (QED) is 0.756. The first kappa shape index (κ1) is 16.3. The number of nitrogens with two attached hydrogens (primary N) is 1. The number of rotatable bonds is 3. The molecule has 2 heterocycles. The molecular formula is C20H19N3O3. The van der Waals surface area contributed by atoms with Crippen LogP contribution in [0, 0.1) is 13.8 Å². The third kappa shape index (κ3) is 2.37. The van der Waals surface area contributed by atoms with Crippen molar-refractivity contribution in [3.05, 3.63) is 57.4 Å². The number of carboxylic acid groups (broad SMARTS) is 1. The number of aryl methyl sites for hydroxylation is 2. The molecule has 2 aromatic heterocycles. The highest BCUT2D eigenvalue weighted by atomic mass is 16.4. The molecule has 0 radical (unpaired) electrons. The number of carbonyl (C=O) groups is 1. The number of aromatic carboxylic acids is 1. The molecule has 4 rings (SSSR count). The Morgan fingerprint density at radius 2 is 2.00 bits per heavy atom. The number of nitrogen functional groups attached to an aromatic ring is 1. The van der Waals surface area contributed by atoms with Gasteiger partial charge >= 0.3 is 5.97 Å². The topological polar surface area (TPSA) is 98.2 Å². The van der Waals surface area contributed by atoms with Gasteiger partial charge in [-0.1, -0.05) is 12.1 Å². The lowest BCUT2D eigenvalue weighted by molar-refractivity contribution is 0.0696.